The minimum atomic E-state index is -1.34. The number of alkyl halides is 3. The van der Waals surface area contributed by atoms with Crippen LogP contribution in [0.2, 0.25) is 0 Å². The largest absolute Gasteiger partial charge is 0.235 e. The Morgan fingerprint density at radius 2 is 2.09 bits per heavy atom. The van der Waals surface area contributed by atoms with Crippen LogP contribution >= 0.6 is 45.2 Å². The molecular formula is C8H9FI2. The van der Waals surface area contributed by atoms with Gasteiger partial charge in [-0.2, -0.15) is 0 Å². The summed E-state index contributed by atoms with van der Waals surface area (Å²) in [5, 5.41) is 0. The van der Waals surface area contributed by atoms with Crippen LogP contribution in [0.3, 0.4) is 0 Å². The third-order valence-electron chi connectivity index (χ3n) is 0.971. The van der Waals surface area contributed by atoms with E-state index in [0.717, 1.165) is 0 Å². The van der Waals surface area contributed by atoms with Gasteiger partial charge in [0.2, 0.25) is 1.68 Å². The van der Waals surface area contributed by atoms with Crippen LogP contribution in [0.4, 0.5) is 4.39 Å². The molecule has 11 heavy (non-hydrogen) atoms. The number of hydrogen-bond acceptors (Lipinski definition) is 0. The highest BCUT2D eigenvalue weighted by Gasteiger charge is 2.23. The van der Waals surface area contributed by atoms with E-state index in [4.69, 9.17) is 0 Å². The fourth-order valence-electron chi connectivity index (χ4n) is 0.551. The summed E-state index contributed by atoms with van der Waals surface area (Å²) in [6.07, 6.45) is 6.79. The van der Waals surface area contributed by atoms with Crippen molar-refractivity contribution in [1.29, 1.82) is 0 Å². The monoisotopic (exact) mass is 378 g/mol. The molecule has 0 saturated carbocycles. The van der Waals surface area contributed by atoms with Gasteiger partial charge in [-0.25, -0.2) is 4.39 Å². The summed E-state index contributed by atoms with van der Waals surface area (Å²) in [7, 11) is 0. The molecule has 0 bridgehead atoms. The number of allylic oxidation sites excluding steroid dienone is 5. The van der Waals surface area contributed by atoms with Crippen LogP contribution in [0, 0.1) is 0 Å². The van der Waals surface area contributed by atoms with Gasteiger partial charge in [0.15, 0.2) is 0 Å². The highest BCUT2D eigenvalue weighted by Crippen LogP contribution is 2.37. The Morgan fingerprint density at radius 1 is 1.55 bits per heavy atom. The summed E-state index contributed by atoms with van der Waals surface area (Å²) >= 11 is 3.48. The molecule has 0 nitrogen and oxygen atoms in total. The van der Waals surface area contributed by atoms with Gasteiger partial charge in [-0.1, -0.05) is 30.9 Å². The first-order valence-electron chi connectivity index (χ1n) is 3.05. The summed E-state index contributed by atoms with van der Waals surface area (Å²) in [5.74, 6) is 0. The first kappa shape index (κ1) is 11.6. The topological polar surface area (TPSA) is 0 Å². The molecule has 0 radical (unpaired) electrons. The quantitative estimate of drug-likeness (QED) is 0.393. The van der Waals surface area contributed by atoms with Gasteiger partial charge in [0.05, 0.1) is 0 Å². The SMILES string of the molecule is C=C/C=C(\C=C/C)C(F)(I)I. The Morgan fingerprint density at radius 3 is 2.36 bits per heavy atom. The highest BCUT2D eigenvalue weighted by atomic mass is 127. The van der Waals surface area contributed by atoms with Crippen LogP contribution in [0.1, 0.15) is 6.92 Å². The molecule has 3 heteroatoms. The van der Waals surface area contributed by atoms with Gasteiger partial charge in [0.25, 0.3) is 0 Å². The summed E-state index contributed by atoms with van der Waals surface area (Å²) < 4.78 is 11.9. The van der Waals surface area contributed by atoms with Crippen molar-refractivity contribution in [1.82, 2.24) is 0 Å². The first-order valence-corrected chi connectivity index (χ1v) is 5.20. The second-order valence-electron chi connectivity index (χ2n) is 1.86. The molecule has 62 valence electrons. The van der Waals surface area contributed by atoms with E-state index in [1.807, 2.05) is 6.92 Å². The van der Waals surface area contributed by atoms with E-state index < -0.39 is 1.68 Å². The number of rotatable bonds is 3. The van der Waals surface area contributed by atoms with Gasteiger partial charge in [0, 0.05) is 5.57 Å². The smallest absolute Gasteiger partial charge is 0.215 e. The normalized spacial score (nSPS) is 14.0. The van der Waals surface area contributed by atoms with E-state index >= 15 is 0 Å². The molecule has 0 aliphatic rings. The molecule has 0 aromatic rings. The van der Waals surface area contributed by atoms with Crippen LogP contribution in [-0.4, -0.2) is 1.68 Å². The first-order chi connectivity index (χ1) is 5.02. The summed E-state index contributed by atoms with van der Waals surface area (Å²) in [4.78, 5) is 0. The molecule has 0 saturated heterocycles. The Kier molecular flexibility index (Phi) is 5.58. The second kappa shape index (κ2) is 5.29. The Balaban J connectivity index is 4.61. The molecule has 0 aliphatic carbocycles. The molecular weight excluding hydrogens is 369 g/mol. The van der Waals surface area contributed by atoms with Crippen molar-refractivity contribution in [2.45, 2.75) is 8.61 Å². The lowest BCUT2D eigenvalue weighted by Gasteiger charge is -2.10. The second-order valence-corrected chi connectivity index (χ2v) is 6.89. The van der Waals surface area contributed by atoms with E-state index in [1.54, 1.807) is 69.5 Å². The number of halogens is 3. The van der Waals surface area contributed by atoms with E-state index in [2.05, 4.69) is 6.58 Å². The molecule has 0 rings (SSSR count). The van der Waals surface area contributed by atoms with Crippen molar-refractivity contribution in [2.24, 2.45) is 0 Å². The van der Waals surface area contributed by atoms with Crippen molar-refractivity contribution in [3.8, 4) is 0 Å². The lowest BCUT2D eigenvalue weighted by atomic mass is 10.2. The standard InChI is InChI=1S/C8H9FI2/c1-3-5-7(6-4-2)8(9,10)11/h3-6H,1H2,2H3/b6-4-,7-5+. The Bertz CT molecular complexity index is 187. The molecule has 0 amide bonds. The average Bonchev–Trinajstić information content (AvgIpc) is 1.85. The predicted molar refractivity (Wildman–Crippen MR) is 65.0 cm³/mol. The zero-order valence-corrected chi connectivity index (χ0v) is 10.5. The van der Waals surface area contributed by atoms with Gasteiger partial charge in [-0.3, -0.25) is 0 Å². The summed E-state index contributed by atoms with van der Waals surface area (Å²) in [6, 6.07) is 0. The van der Waals surface area contributed by atoms with Crippen LogP contribution in [0.15, 0.2) is 36.5 Å². The van der Waals surface area contributed by atoms with Gasteiger partial charge >= 0.3 is 0 Å². The van der Waals surface area contributed by atoms with Crippen LogP contribution in [-0.2, 0) is 0 Å². The van der Waals surface area contributed by atoms with Crippen molar-refractivity contribution in [3.05, 3.63) is 36.5 Å². The van der Waals surface area contributed by atoms with Gasteiger partial charge in [-0.15, -0.1) is 0 Å². The lowest BCUT2D eigenvalue weighted by molar-refractivity contribution is 0.509. The fraction of sp³-hybridized carbons (Fsp3) is 0.250. The minimum Gasteiger partial charge on any atom is -0.215 e. The Labute approximate surface area is 93.9 Å². The summed E-state index contributed by atoms with van der Waals surface area (Å²) in [5.41, 5.74) is 0.621. The Hall–Kier alpha value is 0.610. The highest BCUT2D eigenvalue weighted by molar-refractivity contribution is 14.2. The van der Waals surface area contributed by atoms with Crippen molar-refractivity contribution in [2.75, 3.05) is 0 Å². The van der Waals surface area contributed by atoms with Gasteiger partial charge in [-0.05, 0) is 52.1 Å². The molecule has 0 N–H and O–H groups in total. The van der Waals surface area contributed by atoms with E-state index in [9.17, 15) is 4.39 Å². The third kappa shape index (κ3) is 4.95. The van der Waals surface area contributed by atoms with Gasteiger partial charge < -0.3 is 0 Å². The predicted octanol–water partition coefficient (Wildman–Crippen LogP) is 4.17. The van der Waals surface area contributed by atoms with Crippen LogP contribution < -0.4 is 0 Å². The molecule has 0 heterocycles. The van der Waals surface area contributed by atoms with Crippen LogP contribution in [0.5, 0.6) is 0 Å². The maximum Gasteiger partial charge on any atom is 0.235 e. The third-order valence-corrected chi connectivity index (χ3v) is 2.22. The molecule has 0 aromatic heterocycles. The minimum absolute atomic E-state index is 0.621. The lowest BCUT2D eigenvalue weighted by Crippen LogP contribution is -2.03. The molecule has 0 fully saturated rings. The zero-order valence-electron chi connectivity index (χ0n) is 6.15. The van der Waals surface area contributed by atoms with Crippen molar-refractivity contribution in [3.63, 3.8) is 0 Å². The van der Waals surface area contributed by atoms with Crippen molar-refractivity contribution >= 4 is 45.2 Å². The average molecular weight is 378 g/mol. The maximum atomic E-state index is 13.2. The molecule has 0 aromatic carbocycles. The molecule has 0 unspecified atom stereocenters. The molecule has 0 aliphatic heterocycles. The fourth-order valence-corrected chi connectivity index (χ4v) is 1.27. The maximum absolute atomic E-state index is 13.2. The number of hydrogen-bond donors (Lipinski definition) is 0. The van der Waals surface area contributed by atoms with Crippen LogP contribution in [0.25, 0.3) is 0 Å². The molecule has 0 spiro atoms. The van der Waals surface area contributed by atoms with E-state index in [1.165, 1.54) is 0 Å². The van der Waals surface area contributed by atoms with Crippen molar-refractivity contribution < 1.29 is 4.39 Å². The molecule has 0 atom stereocenters. The van der Waals surface area contributed by atoms with E-state index in [0.29, 0.717) is 5.57 Å². The van der Waals surface area contributed by atoms with Gasteiger partial charge in [0.1, 0.15) is 0 Å². The zero-order chi connectivity index (χ0) is 8.91. The summed E-state index contributed by atoms with van der Waals surface area (Å²) in [6.45, 7) is 5.37. The van der Waals surface area contributed by atoms with E-state index in [-0.39, 0.29) is 0 Å².